The van der Waals surface area contributed by atoms with Gasteiger partial charge in [0.2, 0.25) is 0 Å². The van der Waals surface area contributed by atoms with E-state index in [0.717, 1.165) is 112 Å². The summed E-state index contributed by atoms with van der Waals surface area (Å²) in [6.45, 7) is 9.56. The number of ether oxygens (including phenoxy) is 2. The van der Waals surface area contributed by atoms with E-state index in [9.17, 15) is 9.59 Å². The Kier molecular flexibility index (Phi) is 17.7. The second-order valence-electron chi connectivity index (χ2n) is 18.7. The molecule has 0 spiro atoms. The van der Waals surface area contributed by atoms with Crippen LogP contribution in [-0.4, -0.2) is 82.5 Å². The zero-order valence-electron chi connectivity index (χ0n) is 37.2. The standard InChI is InChI=1S/C48H80N6O4/c1-5-7-9-11-13-17-21-25-37-33-39-27-29-41-43(35(3)49-47(51-37)53(39)41)45(55)57-31-23-19-15-16-20-24-32-58-46(56)44-36(4)50-48-52-38(26-22-18-14-12-10-8-6-2)34-40-28-30-42(44)54(40)48/h37-42H,5-34H2,1-4H3,(H2,49,50,51,52,55,56)/p+2/t37-,38-,39+,40+,41-,42-/m0/s1. The molecule has 0 saturated carbocycles. The Balaban J connectivity index is 0.813. The third kappa shape index (κ3) is 11.8. The quantitative estimate of drug-likeness (QED) is 0.0371. The van der Waals surface area contributed by atoms with E-state index < -0.39 is 0 Å². The number of carbonyl (C=O) groups is 2. The van der Waals surface area contributed by atoms with Crippen LogP contribution in [0, 0.1) is 0 Å². The van der Waals surface area contributed by atoms with Crippen molar-refractivity contribution in [1.82, 2.24) is 21.3 Å². The Labute approximate surface area is 351 Å². The molecule has 10 heteroatoms. The maximum Gasteiger partial charge on any atom is 0.351 e. The lowest BCUT2D eigenvalue weighted by Crippen LogP contribution is -2.59. The van der Waals surface area contributed by atoms with Gasteiger partial charge in [0.25, 0.3) is 0 Å². The predicted octanol–water partition coefficient (Wildman–Crippen LogP) is 8.97. The van der Waals surface area contributed by atoms with Gasteiger partial charge in [-0.2, -0.15) is 0 Å². The highest BCUT2D eigenvalue weighted by Gasteiger charge is 2.49. The Morgan fingerprint density at radius 1 is 0.517 bits per heavy atom. The maximum atomic E-state index is 13.4. The molecule has 2 saturated heterocycles. The van der Waals surface area contributed by atoms with E-state index in [1.165, 1.54) is 103 Å². The molecule has 6 heterocycles. The fraction of sp³-hybridized carbons (Fsp3) is 0.833. The van der Waals surface area contributed by atoms with Crippen molar-refractivity contribution in [2.24, 2.45) is 0 Å². The van der Waals surface area contributed by atoms with Gasteiger partial charge < -0.3 is 9.47 Å². The van der Waals surface area contributed by atoms with Crippen LogP contribution in [-0.2, 0) is 19.1 Å². The van der Waals surface area contributed by atoms with E-state index in [-0.39, 0.29) is 24.0 Å². The zero-order valence-corrected chi connectivity index (χ0v) is 37.2. The topological polar surface area (TPSA) is 107 Å². The van der Waals surface area contributed by atoms with Crippen LogP contribution in [0.2, 0.25) is 0 Å². The van der Waals surface area contributed by atoms with Crippen LogP contribution in [0.15, 0.2) is 22.5 Å². The summed E-state index contributed by atoms with van der Waals surface area (Å²) in [6.07, 6.45) is 33.9. The Bertz CT molecular complexity index is 1390. The molecular weight excluding hydrogens is 725 g/mol. The summed E-state index contributed by atoms with van der Waals surface area (Å²) in [5.41, 5.74) is 3.54. The molecule has 6 aliphatic heterocycles. The minimum Gasteiger partial charge on any atom is -0.462 e. The lowest BCUT2D eigenvalue weighted by molar-refractivity contribution is -0.581. The number of rotatable bonds is 27. The van der Waals surface area contributed by atoms with Gasteiger partial charge in [0, 0.05) is 12.8 Å². The van der Waals surface area contributed by atoms with Gasteiger partial charge in [0.15, 0.2) is 0 Å². The van der Waals surface area contributed by atoms with Crippen molar-refractivity contribution in [3.63, 3.8) is 0 Å². The van der Waals surface area contributed by atoms with Gasteiger partial charge in [-0.25, -0.2) is 20.2 Å². The van der Waals surface area contributed by atoms with Crippen molar-refractivity contribution in [2.45, 2.75) is 244 Å². The van der Waals surface area contributed by atoms with Gasteiger partial charge in [0.05, 0.1) is 48.8 Å². The smallest absolute Gasteiger partial charge is 0.351 e. The molecule has 0 amide bonds. The highest BCUT2D eigenvalue weighted by atomic mass is 16.5. The number of carbonyl (C=O) groups excluding carboxylic acids is 2. The van der Waals surface area contributed by atoms with E-state index in [0.29, 0.717) is 37.4 Å². The number of esters is 2. The van der Waals surface area contributed by atoms with Crippen LogP contribution in [0.25, 0.3) is 0 Å². The minimum absolute atomic E-state index is 0.120. The molecule has 2 fully saturated rings. The normalized spacial score (nSPS) is 25.9. The number of nitrogens with one attached hydrogen (secondary N) is 4. The number of hydrogen-bond donors (Lipinski definition) is 4. The molecule has 6 atom stereocenters. The van der Waals surface area contributed by atoms with E-state index in [4.69, 9.17) is 9.47 Å². The molecule has 0 aromatic rings. The monoisotopic (exact) mass is 807 g/mol. The van der Waals surface area contributed by atoms with Gasteiger partial charge >= 0.3 is 23.9 Å². The summed E-state index contributed by atoms with van der Waals surface area (Å²) in [5.74, 6) is 1.91. The lowest BCUT2D eigenvalue weighted by atomic mass is 9.97. The first kappa shape index (κ1) is 44.5. The predicted molar refractivity (Wildman–Crippen MR) is 234 cm³/mol. The molecule has 0 bridgehead atoms. The highest BCUT2D eigenvalue weighted by molar-refractivity contribution is 5.94. The van der Waals surface area contributed by atoms with Crippen LogP contribution >= 0.6 is 0 Å². The summed E-state index contributed by atoms with van der Waals surface area (Å²) in [6, 6.07) is 2.27. The van der Waals surface area contributed by atoms with Gasteiger partial charge in [-0.05, 0) is 65.2 Å². The van der Waals surface area contributed by atoms with Crippen LogP contribution in [0.4, 0.5) is 0 Å². The maximum absolute atomic E-state index is 13.4. The Morgan fingerprint density at radius 3 is 1.28 bits per heavy atom. The molecule has 326 valence electrons. The molecule has 0 unspecified atom stereocenters. The number of guanidine groups is 2. The van der Waals surface area contributed by atoms with Crippen molar-refractivity contribution in [1.29, 1.82) is 0 Å². The Hall–Kier alpha value is -3.04. The van der Waals surface area contributed by atoms with Crippen molar-refractivity contribution >= 4 is 23.9 Å². The molecule has 6 rings (SSSR count). The average molecular weight is 807 g/mol. The number of allylic oxidation sites excluding steroid dienone is 2. The summed E-state index contributed by atoms with van der Waals surface area (Å²) in [7, 11) is 0. The number of nitrogens with zero attached hydrogens (tertiary/aromatic N) is 2. The van der Waals surface area contributed by atoms with Gasteiger partial charge in [-0.3, -0.25) is 19.8 Å². The largest absolute Gasteiger partial charge is 0.462 e. The molecular formula is C48H82N6O4+2. The summed E-state index contributed by atoms with van der Waals surface area (Å²) in [4.78, 5) is 26.7. The highest BCUT2D eigenvalue weighted by Crippen LogP contribution is 2.36. The third-order valence-electron chi connectivity index (χ3n) is 14.2. The SMILES string of the molecule is CCCCCCCCC[C@H]1C[C@H]2CC[C@H]3C(C(=O)OCCCCCCCCOC(=O)C4=C(C)NC5=[N+]6[C@H](CC[C@@H]46)C[C@H](CCCCCCCCC)N5)=C(C)NC(=[N+]23)N1. The molecule has 0 aromatic heterocycles. The molecule has 58 heavy (non-hydrogen) atoms. The lowest BCUT2D eigenvalue weighted by Gasteiger charge is -2.33. The number of unbranched alkanes of at least 4 members (excludes halogenated alkanes) is 17. The molecule has 0 aliphatic carbocycles. The van der Waals surface area contributed by atoms with Crippen molar-refractivity contribution in [3.05, 3.63) is 22.5 Å². The van der Waals surface area contributed by atoms with Crippen LogP contribution in [0.3, 0.4) is 0 Å². The summed E-state index contributed by atoms with van der Waals surface area (Å²) in [5, 5.41) is 14.7. The van der Waals surface area contributed by atoms with Crippen LogP contribution < -0.4 is 21.3 Å². The van der Waals surface area contributed by atoms with Crippen molar-refractivity contribution < 1.29 is 28.2 Å². The van der Waals surface area contributed by atoms with Crippen molar-refractivity contribution in [2.75, 3.05) is 13.2 Å². The van der Waals surface area contributed by atoms with Crippen LogP contribution in [0.5, 0.6) is 0 Å². The molecule has 0 radical (unpaired) electrons. The zero-order chi connectivity index (χ0) is 40.7. The Morgan fingerprint density at radius 2 is 0.879 bits per heavy atom. The summed E-state index contributed by atoms with van der Waals surface area (Å²) < 4.78 is 16.6. The average Bonchev–Trinajstić information content (AvgIpc) is 3.83. The third-order valence-corrected chi connectivity index (χ3v) is 14.2. The fourth-order valence-corrected chi connectivity index (χ4v) is 11.0. The second kappa shape index (κ2) is 23.1. The molecule has 4 N–H and O–H groups in total. The van der Waals surface area contributed by atoms with E-state index in [1.54, 1.807) is 0 Å². The van der Waals surface area contributed by atoms with E-state index in [2.05, 4.69) is 44.3 Å². The second-order valence-corrected chi connectivity index (χ2v) is 18.7. The molecule has 0 aromatic carbocycles. The summed E-state index contributed by atoms with van der Waals surface area (Å²) >= 11 is 0. The molecule has 6 aliphatic rings. The first-order valence-electron chi connectivity index (χ1n) is 24.5. The van der Waals surface area contributed by atoms with Gasteiger partial charge in [0.1, 0.15) is 23.2 Å². The molecule has 10 nitrogen and oxygen atoms in total. The first-order valence-corrected chi connectivity index (χ1v) is 24.5. The fourth-order valence-electron chi connectivity index (χ4n) is 11.0. The van der Waals surface area contributed by atoms with E-state index in [1.807, 2.05) is 13.8 Å². The van der Waals surface area contributed by atoms with Crippen molar-refractivity contribution in [3.8, 4) is 0 Å². The van der Waals surface area contributed by atoms with Crippen LogP contribution in [0.1, 0.15) is 207 Å². The minimum atomic E-state index is -0.151. The van der Waals surface area contributed by atoms with Gasteiger partial charge in [-0.1, -0.05) is 129 Å². The van der Waals surface area contributed by atoms with Gasteiger partial charge in [-0.15, -0.1) is 0 Å². The first-order chi connectivity index (χ1) is 28.4. The number of hydrogen-bond acceptors (Lipinski definition) is 8. The van der Waals surface area contributed by atoms with E-state index >= 15 is 0 Å².